The van der Waals surface area contributed by atoms with Crippen LogP contribution >= 0.6 is 0 Å². The zero-order valence-electron chi connectivity index (χ0n) is 14.1. The summed E-state index contributed by atoms with van der Waals surface area (Å²) in [5.74, 6) is 1.99. The Morgan fingerprint density at radius 1 is 1.00 bits per heavy atom. The fourth-order valence-corrected chi connectivity index (χ4v) is 2.35. The highest BCUT2D eigenvalue weighted by atomic mass is 16.5. The van der Waals surface area contributed by atoms with Crippen LogP contribution in [0.5, 0.6) is 5.75 Å². The van der Waals surface area contributed by atoms with Crippen molar-refractivity contribution in [2.75, 3.05) is 23.8 Å². The molecule has 0 spiro atoms. The molecule has 3 aromatic rings. The first-order chi connectivity index (χ1) is 12.3. The molecule has 25 heavy (non-hydrogen) atoms. The van der Waals surface area contributed by atoms with Gasteiger partial charge in [0.15, 0.2) is 5.82 Å². The van der Waals surface area contributed by atoms with Crippen LogP contribution in [0.2, 0.25) is 0 Å². The Bertz CT molecular complexity index is 777. The SMILES string of the molecule is CCOc1ccc(Nc2cnnc(NCCc3ccccc3)n2)cc1. The van der Waals surface area contributed by atoms with E-state index in [9.17, 15) is 0 Å². The molecular formula is C19H21N5O. The van der Waals surface area contributed by atoms with Crippen LogP contribution < -0.4 is 15.4 Å². The van der Waals surface area contributed by atoms with Crippen LogP contribution in [-0.2, 0) is 6.42 Å². The average Bonchev–Trinajstić information content (AvgIpc) is 2.65. The standard InChI is InChI=1S/C19H21N5O/c1-2-25-17-10-8-16(9-11-17)22-18-14-21-24-19(23-18)20-13-12-15-6-4-3-5-7-15/h3-11,14H,2,12-13H2,1H3,(H2,20,22,23,24). The molecule has 1 aromatic heterocycles. The van der Waals surface area contributed by atoms with Gasteiger partial charge in [-0.1, -0.05) is 30.3 Å². The minimum absolute atomic E-state index is 0.506. The number of ether oxygens (including phenoxy) is 1. The Balaban J connectivity index is 1.55. The third kappa shape index (κ3) is 5.17. The number of aromatic nitrogens is 3. The number of nitrogens with zero attached hydrogens (tertiary/aromatic N) is 3. The van der Waals surface area contributed by atoms with Crippen molar-refractivity contribution in [1.29, 1.82) is 0 Å². The highest BCUT2D eigenvalue weighted by Crippen LogP contribution is 2.18. The summed E-state index contributed by atoms with van der Waals surface area (Å²) in [4.78, 5) is 4.43. The molecule has 0 unspecified atom stereocenters. The summed E-state index contributed by atoms with van der Waals surface area (Å²) in [5, 5.41) is 14.4. The second-order valence-corrected chi connectivity index (χ2v) is 5.41. The number of anilines is 3. The predicted octanol–water partition coefficient (Wildman–Crippen LogP) is 3.67. The van der Waals surface area contributed by atoms with E-state index < -0.39 is 0 Å². The molecule has 0 aliphatic rings. The molecule has 0 saturated heterocycles. The summed E-state index contributed by atoms with van der Waals surface area (Å²) in [6.07, 6.45) is 2.50. The number of benzene rings is 2. The quantitative estimate of drug-likeness (QED) is 0.654. The zero-order chi connectivity index (χ0) is 17.3. The van der Waals surface area contributed by atoms with Gasteiger partial charge in [-0.3, -0.25) is 0 Å². The van der Waals surface area contributed by atoms with Crippen molar-refractivity contribution in [2.24, 2.45) is 0 Å². The van der Waals surface area contributed by atoms with Crippen molar-refractivity contribution < 1.29 is 4.74 Å². The van der Waals surface area contributed by atoms with Crippen molar-refractivity contribution in [3.8, 4) is 5.75 Å². The highest BCUT2D eigenvalue weighted by molar-refractivity contribution is 5.57. The van der Waals surface area contributed by atoms with Gasteiger partial charge in [0.25, 0.3) is 0 Å². The molecule has 0 atom stereocenters. The Morgan fingerprint density at radius 2 is 1.80 bits per heavy atom. The molecule has 128 valence electrons. The van der Waals surface area contributed by atoms with Gasteiger partial charge in [-0.05, 0) is 43.2 Å². The molecule has 2 aromatic carbocycles. The van der Waals surface area contributed by atoms with E-state index in [0.717, 1.165) is 24.4 Å². The van der Waals surface area contributed by atoms with Gasteiger partial charge in [0.1, 0.15) is 5.75 Å². The van der Waals surface area contributed by atoms with Crippen molar-refractivity contribution >= 4 is 17.5 Å². The molecule has 0 bridgehead atoms. The van der Waals surface area contributed by atoms with E-state index in [1.165, 1.54) is 5.56 Å². The maximum atomic E-state index is 5.44. The Hall–Kier alpha value is -3.15. The third-order valence-electron chi connectivity index (χ3n) is 3.54. The van der Waals surface area contributed by atoms with E-state index in [4.69, 9.17) is 4.74 Å². The molecular weight excluding hydrogens is 314 g/mol. The first-order valence-electron chi connectivity index (χ1n) is 8.31. The third-order valence-corrected chi connectivity index (χ3v) is 3.54. The lowest BCUT2D eigenvalue weighted by Gasteiger charge is -2.09. The van der Waals surface area contributed by atoms with E-state index in [2.05, 4.69) is 37.9 Å². The van der Waals surface area contributed by atoms with Gasteiger partial charge in [-0.15, -0.1) is 5.10 Å². The summed E-state index contributed by atoms with van der Waals surface area (Å²) in [6, 6.07) is 18.0. The van der Waals surface area contributed by atoms with Crippen LogP contribution in [0.1, 0.15) is 12.5 Å². The lowest BCUT2D eigenvalue weighted by atomic mass is 10.1. The topological polar surface area (TPSA) is 72.0 Å². The fourth-order valence-electron chi connectivity index (χ4n) is 2.35. The van der Waals surface area contributed by atoms with Crippen LogP contribution in [0, 0.1) is 0 Å². The number of nitrogens with one attached hydrogen (secondary N) is 2. The molecule has 0 aliphatic heterocycles. The van der Waals surface area contributed by atoms with Crippen molar-refractivity contribution in [3.05, 3.63) is 66.4 Å². The van der Waals surface area contributed by atoms with Crippen molar-refractivity contribution in [3.63, 3.8) is 0 Å². The van der Waals surface area contributed by atoms with Gasteiger partial charge >= 0.3 is 0 Å². The van der Waals surface area contributed by atoms with Gasteiger partial charge in [0.2, 0.25) is 5.95 Å². The fraction of sp³-hybridized carbons (Fsp3) is 0.211. The lowest BCUT2D eigenvalue weighted by molar-refractivity contribution is 0.340. The molecule has 0 aliphatic carbocycles. The van der Waals surface area contributed by atoms with Gasteiger partial charge in [-0.2, -0.15) is 10.1 Å². The Kier molecular flexibility index (Phi) is 5.77. The maximum absolute atomic E-state index is 5.44. The molecule has 0 radical (unpaired) electrons. The highest BCUT2D eigenvalue weighted by Gasteiger charge is 2.02. The minimum Gasteiger partial charge on any atom is -0.494 e. The Morgan fingerprint density at radius 3 is 2.56 bits per heavy atom. The van der Waals surface area contributed by atoms with E-state index in [0.29, 0.717) is 18.4 Å². The molecule has 3 rings (SSSR count). The Labute approximate surface area is 147 Å². The molecule has 6 heteroatoms. The molecule has 0 saturated carbocycles. The number of hydrogen-bond acceptors (Lipinski definition) is 6. The van der Waals surface area contributed by atoms with Crippen LogP contribution in [0.15, 0.2) is 60.8 Å². The summed E-state index contributed by atoms with van der Waals surface area (Å²) in [6.45, 7) is 3.36. The maximum Gasteiger partial charge on any atom is 0.244 e. The van der Waals surface area contributed by atoms with E-state index in [1.54, 1.807) is 6.20 Å². The average molecular weight is 335 g/mol. The molecule has 0 amide bonds. The minimum atomic E-state index is 0.506. The number of hydrogen-bond donors (Lipinski definition) is 2. The number of rotatable bonds is 8. The summed E-state index contributed by atoms with van der Waals surface area (Å²) in [5.41, 5.74) is 2.19. The first-order valence-corrected chi connectivity index (χ1v) is 8.31. The summed E-state index contributed by atoms with van der Waals surface area (Å²) < 4.78 is 5.44. The van der Waals surface area contributed by atoms with Crippen LogP contribution in [0.4, 0.5) is 17.5 Å². The second-order valence-electron chi connectivity index (χ2n) is 5.41. The largest absolute Gasteiger partial charge is 0.494 e. The predicted molar refractivity (Wildman–Crippen MR) is 99.4 cm³/mol. The summed E-state index contributed by atoms with van der Waals surface area (Å²) in [7, 11) is 0. The lowest BCUT2D eigenvalue weighted by Crippen LogP contribution is -2.09. The van der Waals surface area contributed by atoms with Crippen LogP contribution in [0.25, 0.3) is 0 Å². The molecule has 1 heterocycles. The zero-order valence-corrected chi connectivity index (χ0v) is 14.1. The van der Waals surface area contributed by atoms with E-state index >= 15 is 0 Å². The van der Waals surface area contributed by atoms with E-state index in [1.807, 2.05) is 49.4 Å². The normalized spacial score (nSPS) is 10.3. The molecule has 2 N–H and O–H groups in total. The van der Waals surface area contributed by atoms with Gasteiger partial charge < -0.3 is 15.4 Å². The van der Waals surface area contributed by atoms with Gasteiger partial charge in [0.05, 0.1) is 12.8 Å². The van der Waals surface area contributed by atoms with Crippen molar-refractivity contribution in [2.45, 2.75) is 13.3 Å². The van der Waals surface area contributed by atoms with Crippen LogP contribution in [0.3, 0.4) is 0 Å². The second kappa shape index (κ2) is 8.63. The van der Waals surface area contributed by atoms with Crippen LogP contribution in [-0.4, -0.2) is 28.3 Å². The van der Waals surface area contributed by atoms with Gasteiger partial charge in [0, 0.05) is 12.2 Å². The smallest absolute Gasteiger partial charge is 0.244 e. The first kappa shape index (κ1) is 16.7. The summed E-state index contributed by atoms with van der Waals surface area (Å²) >= 11 is 0. The van der Waals surface area contributed by atoms with Gasteiger partial charge in [-0.25, -0.2) is 0 Å². The molecule has 0 fully saturated rings. The van der Waals surface area contributed by atoms with Crippen molar-refractivity contribution in [1.82, 2.24) is 15.2 Å². The monoisotopic (exact) mass is 335 g/mol. The van der Waals surface area contributed by atoms with E-state index in [-0.39, 0.29) is 0 Å². The molecule has 6 nitrogen and oxygen atoms in total.